The van der Waals surface area contributed by atoms with Gasteiger partial charge in [0, 0.05) is 23.7 Å². The third kappa shape index (κ3) is 2.49. The highest BCUT2D eigenvalue weighted by Gasteiger charge is 2.74. The van der Waals surface area contributed by atoms with Gasteiger partial charge in [-0.15, -0.1) is 6.58 Å². The lowest BCUT2D eigenvalue weighted by atomic mass is 9.53. The molecule has 0 bridgehead atoms. The van der Waals surface area contributed by atoms with Crippen molar-refractivity contribution in [3.05, 3.63) is 36.0 Å². The van der Waals surface area contributed by atoms with Crippen molar-refractivity contribution in [3.8, 4) is 0 Å². The summed E-state index contributed by atoms with van der Waals surface area (Å²) in [4.78, 5) is 0. The predicted octanol–water partition coefficient (Wildman–Crippen LogP) is 5.41. The monoisotopic (exact) mass is 410 g/mol. The Hall–Kier alpha value is -0.900. The van der Waals surface area contributed by atoms with Gasteiger partial charge in [0.05, 0.1) is 18.8 Å². The van der Waals surface area contributed by atoms with Gasteiger partial charge in [0.15, 0.2) is 5.79 Å². The summed E-state index contributed by atoms with van der Waals surface area (Å²) in [6.45, 7) is 12.4. The number of rotatable bonds is 2. The molecule has 1 spiro atoms. The molecule has 1 saturated heterocycles. The molecule has 6 aliphatic rings. The van der Waals surface area contributed by atoms with Crippen LogP contribution in [0.3, 0.4) is 0 Å². The molecule has 3 heteroatoms. The van der Waals surface area contributed by atoms with Crippen LogP contribution in [0.15, 0.2) is 36.0 Å². The Morgan fingerprint density at radius 1 is 1.10 bits per heavy atom. The summed E-state index contributed by atoms with van der Waals surface area (Å²) in [5.41, 5.74) is 2.78. The number of allylic oxidation sites excluding steroid dienone is 3. The second-order valence-corrected chi connectivity index (χ2v) is 12.3. The molecule has 30 heavy (non-hydrogen) atoms. The summed E-state index contributed by atoms with van der Waals surface area (Å²) in [7, 11) is 0. The Labute approximate surface area is 181 Å². The molecule has 7 atom stereocenters. The minimum Gasteiger partial charge on any atom is -0.389 e. The van der Waals surface area contributed by atoms with E-state index in [0.29, 0.717) is 29.6 Å². The van der Waals surface area contributed by atoms with E-state index in [1.807, 2.05) is 6.08 Å². The summed E-state index contributed by atoms with van der Waals surface area (Å²) >= 11 is 0. The molecule has 5 aliphatic carbocycles. The van der Waals surface area contributed by atoms with Crippen molar-refractivity contribution in [2.45, 2.75) is 77.1 Å². The Balaban J connectivity index is 1.29. The van der Waals surface area contributed by atoms with Crippen molar-refractivity contribution in [2.24, 2.45) is 40.4 Å². The van der Waals surface area contributed by atoms with Gasteiger partial charge in [-0.25, -0.2) is 0 Å². The summed E-state index contributed by atoms with van der Waals surface area (Å²) in [6.07, 6.45) is 14.3. The average Bonchev–Trinajstić information content (AvgIpc) is 3.47. The van der Waals surface area contributed by atoms with Crippen LogP contribution in [-0.4, -0.2) is 29.7 Å². The van der Waals surface area contributed by atoms with E-state index in [2.05, 4.69) is 39.5 Å². The molecule has 1 aliphatic heterocycles. The molecular weight excluding hydrogens is 372 g/mol. The molecule has 3 nitrogen and oxygen atoms in total. The van der Waals surface area contributed by atoms with Gasteiger partial charge < -0.3 is 14.6 Å². The first-order valence-corrected chi connectivity index (χ1v) is 12.2. The maximum atomic E-state index is 11.7. The molecule has 3 saturated carbocycles. The number of hydrogen-bond donors (Lipinski definition) is 1. The van der Waals surface area contributed by atoms with Gasteiger partial charge in [0.1, 0.15) is 0 Å². The fourth-order valence-electron chi connectivity index (χ4n) is 8.30. The molecule has 0 radical (unpaired) electrons. The second kappa shape index (κ2) is 6.11. The third-order valence-corrected chi connectivity index (χ3v) is 9.92. The molecule has 1 unspecified atom stereocenters. The van der Waals surface area contributed by atoms with Crippen LogP contribution in [0.5, 0.6) is 0 Å². The molecule has 0 aromatic rings. The Bertz CT molecular complexity index is 827. The molecule has 0 aromatic heterocycles. The molecule has 1 heterocycles. The first-order chi connectivity index (χ1) is 14.2. The normalized spacial score (nSPS) is 49.8. The number of hydrogen-bond acceptors (Lipinski definition) is 3. The first-order valence-electron chi connectivity index (χ1n) is 12.2. The predicted molar refractivity (Wildman–Crippen MR) is 118 cm³/mol. The van der Waals surface area contributed by atoms with Crippen molar-refractivity contribution in [1.82, 2.24) is 0 Å². The fourth-order valence-corrected chi connectivity index (χ4v) is 8.30. The summed E-state index contributed by atoms with van der Waals surface area (Å²) < 4.78 is 12.7. The van der Waals surface area contributed by atoms with E-state index in [4.69, 9.17) is 9.47 Å². The molecular formula is C27H38O3. The molecule has 6 rings (SSSR count). The molecule has 0 aromatic carbocycles. The van der Waals surface area contributed by atoms with Crippen LogP contribution in [0.4, 0.5) is 0 Å². The van der Waals surface area contributed by atoms with E-state index in [0.717, 1.165) is 38.9 Å². The van der Waals surface area contributed by atoms with Gasteiger partial charge >= 0.3 is 0 Å². The van der Waals surface area contributed by atoms with Crippen LogP contribution in [0.25, 0.3) is 0 Å². The van der Waals surface area contributed by atoms with Crippen LogP contribution in [0, 0.1) is 40.4 Å². The van der Waals surface area contributed by atoms with E-state index < -0.39 is 5.60 Å². The minimum absolute atomic E-state index is 0.00734. The van der Waals surface area contributed by atoms with Crippen LogP contribution in [0.2, 0.25) is 0 Å². The van der Waals surface area contributed by atoms with E-state index >= 15 is 0 Å². The summed E-state index contributed by atoms with van der Waals surface area (Å²) in [5.74, 6) is 2.64. The van der Waals surface area contributed by atoms with Crippen LogP contribution >= 0.6 is 0 Å². The van der Waals surface area contributed by atoms with Gasteiger partial charge in [0.2, 0.25) is 0 Å². The largest absolute Gasteiger partial charge is 0.389 e. The maximum absolute atomic E-state index is 11.7. The zero-order chi connectivity index (χ0) is 20.9. The van der Waals surface area contributed by atoms with Crippen molar-refractivity contribution in [2.75, 3.05) is 13.2 Å². The second-order valence-electron chi connectivity index (χ2n) is 12.3. The van der Waals surface area contributed by atoms with E-state index in [1.165, 1.54) is 19.3 Å². The molecule has 4 fully saturated rings. The van der Waals surface area contributed by atoms with E-state index in [9.17, 15) is 5.11 Å². The summed E-state index contributed by atoms with van der Waals surface area (Å²) in [5, 5.41) is 11.7. The van der Waals surface area contributed by atoms with Gasteiger partial charge in [-0.2, -0.15) is 0 Å². The number of fused-ring (bicyclic) bond motifs is 7. The van der Waals surface area contributed by atoms with Gasteiger partial charge in [-0.05, 0) is 72.8 Å². The van der Waals surface area contributed by atoms with Gasteiger partial charge in [-0.1, -0.05) is 39.0 Å². The Morgan fingerprint density at radius 3 is 2.57 bits per heavy atom. The van der Waals surface area contributed by atoms with Gasteiger partial charge in [-0.3, -0.25) is 0 Å². The first kappa shape index (κ1) is 19.8. The topological polar surface area (TPSA) is 38.7 Å². The van der Waals surface area contributed by atoms with E-state index in [1.54, 1.807) is 11.1 Å². The standard InChI is InChI=1S/C27H38O3/c1-5-10-27(28)22-13-21(22)23-20-7-6-17-14-26(29-15-24(2,3)16-30-26)12-9-18(17)19(20)8-11-25(23,27)4/h5,8-9,17,20-23,28H,1,6-7,10-16H2,2-4H3/t17?,20-,21-,22+,23-,25+,27+/m1/s1. The zero-order valence-corrected chi connectivity index (χ0v) is 19.0. The maximum Gasteiger partial charge on any atom is 0.172 e. The fraction of sp³-hybridized carbons (Fsp3) is 0.778. The highest BCUT2D eigenvalue weighted by molar-refractivity contribution is 5.44. The van der Waals surface area contributed by atoms with E-state index in [-0.39, 0.29) is 16.6 Å². The highest BCUT2D eigenvalue weighted by Crippen LogP contribution is 2.75. The zero-order valence-electron chi connectivity index (χ0n) is 19.0. The quantitative estimate of drug-likeness (QED) is 0.619. The highest BCUT2D eigenvalue weighted by atomic mass is 16.7. The van der Waals surface area contributed by atoms with Crippen molar-refractivity contribution < 1.29 is 14.6 Å². The number of aliphatic hydroxyl groups is 1. The average molecular weight is 411 g/mol. The lowest BCUT2D eigenvalue weighted by Gasteiger charge is -2.54. The van der Waals surface area contributed by atoms with Crippen molar-refractivity contribution in [3.63, 3.8) is 0 Å². The molecule has 0 amide bonds. The van der Waals surface area contributed by atoms with Crippen molar-refractivity contribution in [1.29, 1.82) is 0 Å². The SMILES string of the molecule is C=CC[C@]1(O)[C@H]2C[C@H]2[C@H]2[C@@H]3CCC4CC5(CC=C4C3=CC[C@@]21C)OCC(C)(C)CO5. The Morgan fingerprint density at radius 2 is 1.83 bits per heavy atom. The van der Waals surface area contributed by atoms with Crippen LogP contribution in [0.1, 0.15) is 65.7 Å². The van der Waals surface area contributed by atoms with Crippen LogP contribution in [-0.2, 0) is 9.47 Å². The lowest BCUT2D eigenvalue weighted by Crippen LogP contribution is -2.53. The minimum atomic E-state index is -0.551. The van der Waals surface area contributed by atoms with Crippen molar-refractivity contribution >= 4 is 0 Å². The molecule has 1 N–H and O–H groups in total. The summed E-state index contributed by atoms with van der Waals surface area (Å²) in [6, 6.07) is 0. The third-order valence-electron chi connectivity index (χ3n) is 9.92. The smallest absolute Gasteiger partial charge is 0.172 e. The van der Waals surface area contributed by atoms with Gasteiger partial charge in [0.25, 0.3) is 0 Å². The Kier molecular flexibility index (Phi) is 4.03. The molecule has 164 valence electrons. The number of ether oxygens (including phenoxy) is 2. The lowest BCUT2D eigenvalue weighted by molar-refractivity contribution is -0.305. The van der Waals surface area contributed by atoms with Crippen LogP contribution < -0.4 is 0 Å².